The van der Waals surface area contributed by atoms with E-state index in [1.54, 1.807) is 0 Å². The molecule has 7 nitrogen and oxygen atoms in total. The second-order valence-electron chi connectivity index (χ2n) is 1.28. The van der Waals surface area contributed by atoms with Crippen LogP contribution in [-0.4, -0.2) is 5.27 Å². The molecule has 0 amide bonds. The van der Waals surface area contributed by atoms with Crippen LogP contribution in [-0.2, 0) is 9.13 Å². The molecule has 0 aromatic carbocycles. The zero-order chi connectivity index (χ0) is 8.58. The van der Waals surface area contributed by atoms with Crippen LogP contribution in [0.5, 0.6) is 0 Å². The Labute approximate surface area is 169 Å². The first-order chi connectivity index (χ1) is 4.15. The van der Waals surface area contributed by atoms with Gasteiger partial charge in [-0.3, -0.25) is 4.79 Å². The predicted octanol–water partition coefficient (Wildman–Crippen LogP) is -15.1. The van der Waals surface area contributed by atoms with E-state index in [1.807, 2.05) is 0 Å². The van der Waals surface area contributed by atoms with Crippen LogP contribution in [0.2, 0.25) is 0 Å². The second-order valence-corrected chi connectivity index (χ2v) is 4.43. The van der Waals surface area contributed by atoms with E-state index in [4.69, 9.17) is 0 Å². The third-order valence-corrected chi connectivity index (χ3v) is 2.88. The molecule has 0 rings (SSSR count). The van der Waals surface area contributed by atoms with Crippen LogP contribution in [0.1, 0.15) is 0 Å². The van der Waals surface area contributed by atoms with Gasteiger partial charge in [0.15, 0.2) is 5.27 Å². The molecule has 0 saturated carbocycles. The fourth-order valence-electron chi connectivity index (χ4n) is 0.150. The summed E-state index contributed by atoms with van der Waals surface area (Å²) >= 11 is 0. The van der Waals surface area contributed by atoms with Gasteiger partial charge in [-0.1, -0.05) is 0 Å². The number of rotatable bonds is 2. The van der Waals surface area contributed by atoms with Crippen LogP contribution < -0.4 is 138 Å². The van der Waals surface area contributed by atoms with Gasteiger partial charge in [0.25, 0.3) is 0 Å². The molecule has 0 radical (unpaired) electrons. The van der Waals surface area contributed by atoms with Crippen molar-refractivity contribution < 1.29 is 152 Å². The summed E-state index contributed by atoms with van der Waals surface area (Å²) in [7, 11) is -11.8. The van der Waals surface area contributed by atoms with Gasteiger partial charge < -0.3 is 28.7 Å². The maximum absolute atomic E-state index is 9.71. The first-order valence-electron chi connectivity index (χ1n) is 1.75. The Balaban J connectivity index is -0.0000000675. The Kier molecular flexibility index (Phi) is 26.4. The average molecular weight is 278 g/mol. The molecule has 0 aliphatic heterocycles. The Morgan fingerprint density at radius 3 is 0.857 bits per heavy atom. The summed E-state index contributed by atoms with van der Waals surface area (Å²) in [5, 5.41) is -2.79. The van der Waals surface area contributed by atoms with Crippen molar-refractivity contribution in [3.8, 4) is 0 Å². The molecule has 14 heavy (non-hydrogen) atoms. The maximum atomic E-state index is 9.71. The van der Waals surface area contributed by atoms with E-state index in [1.165, 1.54) is 0 Å². The molecule has 0 aliphatic carbocycles. The van der Waals surface area contributed by atoms with Crippen LogP contribution in [0.4, 0.5) is 4.79 Å². The monoisotopic (exact) mass is 278 g/mol. The van der Waals surface area contributed by atoms with Gasteiger partial charge in [-0.15, -0.1) is 0 Å². The first-order valence-corrected chi connectivity index (χ1v) is 4.83. The third-order valence-electron chi connectivity index (χ3n) is 0.469. The molecule has 13 heteroatoms. The van der Waals surface area contributed by atoms with Crippen molar-refractivity contribution in [3.05, 3.63) is 0 Å². The predicted molar refractivity (Wildman–Crippen MR) is 20.6 cm³/mol. The van der Waals surface area contributed by atoms with Gasteiger partial charge in [0, 0.05) is 15.2 Å². The third kappa shape index (κ3) is 14.0. The van der Waals surface area contributed by atoms with Crippen molar-refractivity contribution in [3.63, 3.8) is 0 Å². The molecule has 0 unspecified atom stereocenters. The van der Waals surface area contributed by atoms with Crippen molar-refractivity contribution >= 4 is 20.5 Å². The summed E-state index contributed by atoms with van der Waals surface area (Å²) in [6, 6.07) is 0. The molecule has 0 aromatic heterocycles. The SMILES string of the molecule is O=C(P(=O)([O-])[O-])P(=O)([O-])[O-].[Na+].[Na+].[Na+].[Na+]. The molecular formula is CNa4O7P2. The first kappa shape index (κ1) is 30.8. The molecule has 0 spiro atoms. The summed E-state index contributed by atoms with van der Waals surface area (Å²) in [4.78, 5) is 47.8. The fraction of sp³-hybridized carbons (Fsp3) is 0. The largest absolute Gasteiger partial charge is 1.00 e. The van der Waals surface area contributed by atoms with Gasteiger partial charge in [0.05, 0.1) is 0 Å². The number of hydrogen-bond donors (Lipinski definition) is 0. The summed E-state index contributed by atoms with van der Waals surface area (Å²) in [6.07, 6.45) is 0. The number of hydrogen-bond acceptors (Lipinski definition) is 7. The zero-order valence-corrected chi connectivity index (χ0v) is 18.0. The topological polar surface area (TPSA) is 143 Å². The van der Waals surface area contributed by atoms with Crippen molar-refractivity contribution in [2.24, 2.45) is 0 Å². The number of carbonyl (C=O) groups excluding carboxylic acids is 1. The van der Waals surface area contributed by atoms with Crippen molar-refractivity contribution in [2.45, 2.75) is 0 Å². The van der Waals surface area contributed by atoms with Crippen molar-refractivity contribution in [1.82, 2.24) is 0 Å². The van der Waals surface area contributed by atoms with E-state index in [0.717, 1.165) is 0 Å². The average Bonchev–Trinajstić information content (AvgIpc) is 1.59. The summed E-state index contributed by atoms with van der Waals surface area (Å²) < 4.78 is 19.1. The second kappa shape index (κ2) is 12.0. The standard InChI is InChI=1S/CH4O7P2.4Na/c2-1(9(3,4)5)10(6,7)8;;;;/h(H2,3,4,5)(H2,6,7,8);;;;/q;4*+1/p-4. The minimum absolute atomic E-state index is 0. The minimum atomic E-state index is -5.91. The summed E-state index contributed by atoms with van der Waals surface area (Å²) in [5.41, 5.74) is 0. The van der Waals surface area contributed by atoms with Gasteiger partial charge in [0.2, 0.25) is 0 Å². The fourth-order valence-corrected chi connectivity index (χ4v) is 1.35. The van der Waals surface area contributed by atoms with E-state index in [9.17, 15) is 33.5 Å². The molecule has 0 atom stereocenters. The maximum Gasteiger partial charge on any atom is 1.00 e. The quantitative estimate of drug-likeness (QED) is 0.360. The van der Waals surface area contributed by atoms with E-state index in [0.29, 0.717) is 0 Å². The van der Waals surface area contributed by atoms with Gasteiger partial charge in [-0.2, -0.15) is 0 Å². The van der Waals surface area contributed by atoms with Gasteiger partial charge in [-0.05, 0) is 0 Å². The van der Waals surface area contributed by atoms with Gasteiger partial charge in [0.1, 0.15) is 0 Å². The molecule has 0 fully saturated rings. The molecular weight excluding hydrogens is 278 g/mol. The smallest absolute Gasteiger partial charge is 0.805 e. The Morgan fingerprint density at radius 2 is 0.857 bits per heavy atom. The van der Waals surface area contributed by atoms with E-state index in [-0.39, 0.29) is 118 Å². The molecule has 0 heterocycles. The summed E-state index contributed by atoms with van der Waals surface area (Å²) in [6.45, 7) is 0. The molecule has 0 aliphatic rings. The zero-order valence-electron chi connectivity index (χ0n) is 8.25. The Hall–Kier alpha value is 3.97. The van der Waals surface area contributed by atoms with Crippen LogP contribution in [0.15, 0.2) is 0 Å². The minimum Gasteiger partial charge on any atom is -0.805 e. The van der Waals surface area contributed by atoms with Gasteiger partial charge >= 0.3 is 118 Å². The number of carbonyl (C=O) groups is 1. The molecule has 0 saturated heterocycles. The molecule has 0 bridgehead atoms. The summed E-state index contributed by atoms with van der Waals surface area (Å²) in [5.74, 6) is 0. The van der Waals surface area contributed by atoms with Crippen LogP contribution in [0.3, 0.4) is 0 Å². The van der Waals surface area contributed by atoms with Gasteiger partial charge in [-0.25, -0.2) is 0 Å². The molecule has 0 N–H and O–H groups in total. The Bertz CT molecular complexity index is 216. The van der Waals surface area contributed by atoms with Crippen LogP contribution in [0, 0.1) is 0 Å². The van der Waals surface area contributed by atoms with Crippen LogP contribution in [0.25, 0.3) is 0 Å². The van der Waals surface area contributed by atoms with Crippen molar-refractivity contribution in [2.75, 3.05) is 0 Å². The van der Waals surface area contributed by atoms with Crippen LogP contribution >= 0.6 is 15.2 Å². The Morgan fingerprint density at radius 1 is 0.714 bits per heavy atom. The molecule has 60 valence electrons. The van der Waals surface area contributed by atoms with E-state index >= 15 is 0 Å². The van der Waals surface area contributed by atoms with E-state index in [2.05, 4.69) is 0 Å². The normalized spacial score (nSPS) is 9.43. The van der Waals surface area contributed by atoms with E-state index < -0.39 is 20.5 Å². The van der Waals surface area contributed by atoms with Crippen molar-refractivity contribution in [1.29, 1.82) is 0 Å². The molecule has 0 aromatic rings.